The average Bonchev–Trinajstić information content (AvgIpc) is 2.74. The third kappa shape index (κ3) is 16.2. The summed E-state index contributed by atoms with van der Waals surface area (Å²) in [5.41, 5.74) is 0. The molecule has 200 valence electrons. The van der Waals surface area contributed by atoms with Crippen molar-refractivity contribution in [2.45, 2.75) is 118 Å². The minimum absolute atomic E-state index is 1.30. The van der Waals surface area contributed by atoms with E-state index in [9.17, 15) is 0 Å². The van der Waals surface area contributed by atoms with E-state index in [1.165, 1.54) is 156 Å². The number of hydrogen-bond donors (Lipinski definition) is 0. The average molecular weight is 471 g/mol. The van der Waals surface area contributed by atoms with E-state index in [1.54, 1.807) is 0 Å². The molecule has 0 aromatic carbocycles. The second-order valence-electron chi connectivity index (χ2n) is 12.2. The van der Waals surface area contributed by atoms with Gasteiger partial charge in [0.1, 0.15) is 0 Å². The fraction of sp³-hybridized carbons (Fsp3) is 1.00. The Kier molecular flexibility index (Phi) is 19.0. The maximum atomic E-state index is 2.54. The molecule has 0 aromatic heterocycles. The van der Waals surface area contributed by atoms with E-state index < -0.39 is 0 Å². The first kappa shape index (κ1) is 32.9. The molecule has 3 heteroatoms. The van der Waals surface area contributed by atoms with E-state index in [-0.39, 0.29) is 0 Å². The smallest absolute Gasteiger partial charge is 0.0784 e. The van der Waals surface area contributed by atoms with Crippen molar-refractivity contribution < 1.29 is 13.4 Å². The van der Waals surface area contributed by atoms with Gasteiger partial charge >= 0.3 is 0 Å². The summed E-state index contributed by atoms with van der Waals surface area (Å²) < 4.78 is 3.91. The molecule has 0 aliphatic heterocycles. The highest BCUT2D eigenvalue weighted by atomic mass is 15.3. The fourth-order valence-electron chi connectivity index (χ4n) is 6.39. The summed E-state index contributed by atoms with van der Waals surface area (Å²) in [6.45, 7) is 24.1. The van der Waals surface area contributed by atoms with Crippen LogP contribution in [-0.4, -0.2) is 93.5 Å². The lowest BCUT2D eigenvalue weighted by Crippen LogP contribution is -2.46. The molecule has 0 amide bonds. The zero-order chi connectivity index (χ0) is 25.1. The van der Waals surface area contributed by atoms with Crippen molar-refractivity contribution in [3.05, 3.63) is 0 Å². The molecule has 33 heavy (non-hydrogen) atoms. The Morgan fingerprint density at radius 1 is 0.273 bits per heavy atom. The highest BCUT2D eigenvalue weighted by Gasteiger charge is 2.21. The van der Waals surface area contributed by atoms with Gasteiger partial charge in [-0.1, -0.05) is 34.6 Å². The van der Waals surface area contributed by atoms with Crippen LogP contribution in [0.2, 0.25) is 0 Å². The Labute approximate surface area is 211 Å². The van der Waals surface area contributed by atoms with Gasteiger partial charge in [-0.05, 0) is 83.5 Å². The third-order valence-electron chi connectivity index (χ3n) is 8.11. The molecule has 0 heterocycles. The first-order valence-electron chi connectivity index (χ1n) is 15.2. The van der Waals surface area contributed by atoms with Crippen LogP contribution in [0.3, 0.4) is 0 Å². The molecule has 0 saturated heterocycles. The van der Waals surface area contributed by atoms with Gasteiger partial charge in [-0.15, -0.1) is 0 Å². The number of quaternary nitrogens is 3. The third-order valence-corrected chi connectivity index (χ3v) is 8.11. The van der Waals surface area contributed by atoms with Gasteiger partial charge in [-0.25, -0.2) is 0 Å². The molecule has 0 fully saturated rings. The summed E-state index contributed by atoms with van der Waals surface area (Å²) in [6, 6.07) is 0. The summed E-state index contributed by atoms with van der Waals surface area (Å²) in [5, 5.41) is 0. The summed E-state index contributed by atoms with van der Waals surface area (Å²) in [4.78, 5) is 0. The van der Waals surface area contributed by atoms with Gasteiger partial charge in [0.2, 0.25) is 0 Å². The Morgan fingerprint density at radius 3 is 0.636 bits per heavy atom. The maximum Gasteiger partial charge on any atom is 0.0784 e. The topological polar surface area (TPSA) is 0 Å². The first-order chi connectivity index (χ1) is 15.7. The van der Waals surface area contributed by atoms with Crippen molar-refractivity contribution in [3.8, 4) is 0 Å². The number of nitrogens with zero attached hydrogens (tertiary/aromatic N) is 3. The predicted molar refractivity (Wildman–Crippen MR) is 151 cm³/mol. The van der Waals surface area contributed by atoms with Crippen LogP contribution in [0, 0.1) is 0 Å². The second kappa shape index (κ2) is 19.1. The lowest BCUT2D eigenvalue weighted by molar-refractivity contribution is -0.910. The molecule has 0 N–H and O–H groups in total. The van der Waals surface area contributed by atoms with Gasteiger partial charge in [0.25, 0.3) is 0 Å². The Bertz CT molecular complexity index is 388. The van der Waals surface area contributed by atoms with Crippen LogP contribution in [0.15, 0.2) is 0 Å². The Balaban J connectivity index is 4.16. The zero-order valence-electron chi connectivity index (χ0n) is 24.9. The van der Waals surface area contributed by atoms with E-state index in [0.29, 0.717) is 0 Å². The summed E-state index contributed by atoms with van der Waals surface area (Å²) in [7, 11) is 7.50. The largest absolute Gasteiger partial charge is 0.326 e. The highest BCUT2D eigenvalue weighted by Crippen LogP contribution is 2.16. The molecule has 0 rings (SSSR count). The van der Waals surface area contributed by atoms with Crippen molar-refractivity contribution in [2.24, 2.45) is 0 Å². The van der Waals surface area contributed by atoms with Crippen molar-refractivity contribution in [1.29, 1.82) is 0 Å². The van der Waals surface area contributed by atoms with Crippen LogP contribution in [0.1, 0.15) is 118 Å². The van der Waals surface area contributed by atoms with Gasteiger partial charge in [-0.2, -0.15) is 0 Å². The van der Waals surface area contributed by atoms with Crippen LogP contribution < -0.4 is 0 Å². The molecule has 0 spiro atoms. The molecule has 0 aliphatic carbocycles. The van der Waals surface area contributed by atoms with Crippen molar-refractivity contribution >= 4 is 0 Å². The van der Waals surface area contributed by atoms with E-state index in [4.69, 9.17) is 0 Å². The van der Waals surface area contributed by atoms with Crippen molar-refractivity contribution in [3.63, 3.8) is 0 Å². The van der Waals surface area contributed by atoms with E-state index >= 15 is 0 Å². The van der Waals surface area contributed by atoms with Gasteiger partial charge in [0.15, 0.2) is 0 Å². The minimum Gasteiger partial charge on any atom is -0.326 e. The minimum atomic E-state index is 1.30. The molecule has 3 nitrogen and oxygen atoms in total. The molecule has 0 bridgehead atoms. The summed E-state index contributed by atoms with van der Waals surface area (Å²) in [5.74, 6) is 0. The van der Waals surface area contributed by atoms with Gasteiger partial charge in [0, 0.05) is 0 Å². The zero-order valence-corrected chi connectivity index (χ0v) is 24.9. The van der Waals surface area contributed by atoms with Crippen molar-refractivity contribution in [2.75, 3.05) is 80.0 Å². The monoisotopic (exact) mass is 471 g/mol. The van der Waals surface area contributed by atoms with Crippen molar-refractivity contribution in [1.82, 2.24) is 0 Å². The maximum absolute atomic E-state index is 2.54. The predicted octanol–water partition coefficient (Wildman–Crippen LogP) is 7.50. The molecule has 0 atom stereocenters. The lowest BCUT2D eigenvalue weighted by atomic mass is 10.1. The van der Waals surface area contributed by atoms with Gasteiger partial charge < -0.3 is 13.4 Å². The molecular weight excluding hydrogens is 402 g/mol. The van der Waals surface area contributed by atoms with Crippen LogP contribution in [0.4, 0.5) is 0 Å². The second-order valence-corrected chi connectivity index (χ2v) is 12.2. The van der Waals surface area contributed by atoms with Gasteiger partial charge in [0.05, 0.1) is 80.0 Å². The molecule has 0 radical (unpaired) electrons. The fourth-order valence-corrected chi connectivity index (χ4v) is 6.39. The number of unbranched alkanes of at least 4 members (excludes halogenated alkanes) is 6. The summed E-state index contributed by atoms with van der Waals surface area (Å²) in [6.07, 6.45) is 18.0. The Hall–Kier alpha value is -0.120. The van der Waals surface area contributed by atoms with Crippen LogP contribution in [0.5, 0.6) is 0 Å². The van der Waals surface area contributed by atoms with Crippen LogP contribution in [0.25, 0.3) is 0 Å². The molecule has 0 aromatic rings. The molecular formula is C30H68N3+3. The molecule has 0 aliphatic rings. The summed E-state index contributed by atoms with van der Waals surface area (Å²) >= 11 is 0. The molecule has 0 saturated carbocycles. The standard InChI is InChI=1S/C30H68N3/c1-9-22-31(6,23-10-2)27-18-14-16-20-29-33(8,26-13-5)30-21-17-15-19-28-32(7,24-11-3)25-12-4/h9-30H2,1-8H3/q+3. The van der Waals surface area contributed by atoms with Crippen LogP contribution in [-0.2, 0) is 0 Å². The van der Waals surface area contributed by atoms with Crippen LogP contribution >= 0.6 is 0 Å². The van der Waals surface area contributed by atoms with E-state index in [2.05, 4.69) is 55.8 Å². The number of rotatable bonds is 24. The normalized spacial score (nSPS) is 13.1. The first-order valence-corrected chi connectivity index (χ1v) is 15.2. The molecule has 0 unspecified atom stereocenters. The van der Waals surface area contributed by atoms with E-state index in [0.717, 1.165) is 0 Å². The Morgan fingerprint density at radius 2 is 0.455 bits per heavy atom. The van der Waals surface area contributed by atoms with E-state index in [1.807, 2.05) is 0 Å². The quantitative estimate of drug-likeness (QED) is 0.101. The van der Waals surface area contributed by atoms with Gasteiger partial charge in [-0.3, -0.25) is 0 Å². The SMILES string of the molecule is CCC[N+](C)(CCC)CCCCCC[N+](C)(CCC)CCCCCC[N+](C)(CCC)CCC. The lowest BCUT2D eigenvalue weighted by Gasteiger charge is -2.35. The number of hydrogen-bond acceptors (Lipinski definition) is 0. The highest BCUT2D eigenvalue weighted by molar-refractivity contribution is 4.50.